The van der Waals surface area contributed by atoms with Crippen LogP contribution in [0.2, 0.25) is 0 Å². The molecule has 7 heteroatoms. The first-order valence-corrected chi connectivity index (χ1v) is 3.46. The molecule has 0 radical (unpaired) electrons. The third kappa shape index (κ3) is 3.71. The topological polar surface area (TPSA) is 116 Å². The minimum atomic E-state index is -0.736. The second-order valence-electron chi connectivity index (χ2n) is 2.18. The Bertz CT molecular complexity index is 158. The summed E-state index contributed by atoms with van der Waals surface area (Å²) in [4.78, 5) is 10.2. The number of nitrogens with one attached hydrogen (secondary N) is 1. The van der Waals surface area contributed by atoms with Crippen molar-refractivity contribution in [3.8, 4) is 0 Å². The fourth-order valence-corrected chi connectivity index (χ4v) is 0.663. The van der Waals surface area contributed by atoms with E-state index in [4.69, 9.17) is 16.2 Å². The van der Waals surface area contributed by atoms with Gasteiger partial charge in [-0.15, -0.1) is 0 Å². The molecule has 0 aromatic heterocycles. The van der Waals surface area contributed by atoms with E-state index >= 15 is 0 Å². The monoisotopic (exact) mass is 176 g/mol. The number of nitrogens with zero attached hydrogens (tertiary/aromatic N) is 2. The summed E-state index contributed by atoms with van der Waals surface area (Å²) >= 11 is 0. The van der Waals surface area contributed by atoms with Crippen LogP contribution in [0.25, 0.3) is 0 Å². The Balaban J connectivity index is 3.80. The lowest BCUT2D eigenvalue weighted by molar-refractivity contribution is -0.629. The maximum atomic E-state index is 10.2. The van der Waals surface area contributed by atoms with Crippen LogP contribution in [-0.2, 0) is 0 Å². The van der Waals surface area contributed by atoms with Crippen LogP contribution in [0, 0.1) is 15.5 Å². The van der Waals surface area contributed by atoms with Gasteiger partial charge in [0.2, 0.25) is 0 Å². The van der Waals surface area contributed by atoms with Crippen LogP contribution in [-0.4, -0.2) is 34.3 Å². The molecule has 0 fully saturated rings. The van der Waals surface area contributed by atoms with Crippen LogP contribution in [0.4, 0.5) is 0 Å². The van der Waals surface area contributed by atoms with Crippen molar-refractivity contribution in [3.63, 3.8) is 0 Å². The zero-order valence-corrected chi connectivity index (χ0v) is 6.56. The van der Waals surface area contributed by atoms with Crippen molar-refractivity contribution in [1.82, 2.24) is 5.01 Å². The summed E-state index contributed by atoms with van der Waals surface area (Å²) in [5, 5.41) is 25.2. The van der Waals surface area contributed by atoms with Gasteiger partial charge in [-0.2, -0.15) is 0 Å². The lowest BCUT2D eigenvalue weighted by atomic mass is 10.3. The van der Waals surface area contributed by atoms with E-state index in [-0.39, 0.29) is 13.2 Å². The maximum Gasteiger partial charge on any atom is 0.251 e. The van der Waals surface area contributed by atoms with E-state index < -0.39 is 11.0 Å². The number of unbranched alkanes of at least 4 members (excludes halogenated alkanes) is 1. The van der Waals surface area contributed by atoms with Crippen LogP contribution < -0.4 is 5.73 Å². The molecule has 0 heterocycles. The van der Waals surface area contributed by atoms with Gasteiger partial charge in [0, 0.05) is 6.61 Å². The fraction of sp³-hybridized carbons (Fsp3) is 0.800. The van der Waals surface area contributed by atoms with Gasteiger partial charge in [0.1, 0.15) is 0 Å². The van der Waals surface area contributed by atoms with Gasteiger partial charge in [-0.3, -0.25) is 5.41 Å². The predicted molar refractivity (Wildman–Crippen MR) is 41.9 cm³/mol. The molecule has 0 saturated heterocycles. The number of guanidine groups is 1. The minimum absolute atomic E-state index is 0.0105. The van der Waals surface area contributed by atoms with Gasteiger partial charge in [0.05, 0.1) is 6.54 Å². The quantitative estimate of drug-likeness (QED) is 0.166. The van der Waals surface area contributed by atoms with Crippen LogP contribution in [0.3, 0.4) is 0 Å². The average Bonchev–Trinajstić information content (AvgIpc) is 1.96. The highest BCUT2D eigenvalue weighted by atomic mass is 16.7. The van der Waals surface area contributed by atoms with Gasteiger partial charge in [-0.05, 0) is 12.8 Å². The second-order valence-corrected chi connectivity index (χ2v) is 2.18. The summed E-state index contributed by atoms with van der Waals surface area (Å²) in [7, 11) is 0. The first kappa shape index (κ1) is 10.6. The van der Waals surface area contributed by atoms with Gasteiger partial charge < -0.3 is 10.8 Å². The van der Waals surface area contributed by atoms with Gasteiger partial charge in [-0.25, -0.2) is 10.1 Å². The van der Waals surface area contributed by atoms with Crippen LogP contribution >= 0.6 is 0 Å². The molecule has 0 atom stereocenters. The number of nitro groups is 1. The predicted octanol–water partition coefficient (Wildman–Crippen LogP) is -0.854. The number of hydrogen-bond donors (Lipinski definition) is 3. The second kappa shape index (κ2) is 5.30. The Hall–Kier alpha value is -1.37. The highest BCUT2D eigenvalue weighted by molar-refractivity contribution is 5.73. The molecule has 0 bridgehead atoms. The summed E-state index contributed by atoms with van der Waals surface area (Å²) in [5.41, 5.74) is 4.92. The summed E-state index contributed by atoms with van der Waals surface area (Å²) in [6, 6.07) is 0. The van der Waals surface area contributed by atoms with Crippen molar-refractivity contribution in [1.29, 1.82) is 5.41 Å². The smallest absolute Gasteiger partial charge is 0.251 e. The molecule has 0 aliphatic carbocycles. The molecule has 7 nitrogen and oxygen atoms in total. The molecule has 0 amide bonds. The number of aliphatic hydroxyl groups excluding tert-OH is 1. The van der Waals surface area contributed by atoms with Crippen molar-refractivity contribution in [2.45, 2.75) is 12.8 Å². The first-order chi connectivity index (χ1) is 5.59. The molecule has 0 aromatic carbocycles. The summed E-state index contributed by atoms with van der Waals surface area (Å²) in [6.07, 6.45) is 0.911. The lowest BCUT2D eigenvalue weighted by Gasteiger charge is -2.10. The molecule has 0 aliphatic rings. The van der Waals surface area contributed by atoms with E-state index in [1.165, 1.54) is 0 Å². The zero-order chi connectivity index (χ0) is 9.56. The van der Waals surface area contributed by atoms with Crippen molar-refractivity contribution in [2.75, 3.05) is 13.2 Å². The van der Waals surface area contributed by atoms with Crippen LogP contribution in [0.1, 0.15) is 12.8 Å². The van der Waals surface area contributed by atoms with E-state index in [9.17, 15) is 10.1 Å². The van der Waals surface area contributed by atoms with Gasteiger partial charge in [-0.1, -0.05) is 5.01 Å². The number of nitrogens with two attached hydrogens (primary N) is 1. The molecule has 0 aliphatic heterocycles. The molecule has 12 heavy (non-hydrogen) atoms. The SMILES string of the molecule is N=C(N)N(CCCCO)[N+](=O)[O-]. The van der Waals surface area contributed by atoms with E-state index in [0.717, 1.165) is 0 Å². The highest BCUT2D eigenvalue weighted by Crippen LogP contribution is 1.93. The third-order valence-electron chi connectivity index (χ3n) is 1.25. The molecule has 70 valence electrons. The van der Waals surface area contributed by atoms with Crippen molar-refractivity contribution in [3.05, 3.63) is 10.1 Å². The minimum Gasteiger partial charge on any atom is -0.396 e. The largest absolute Gasteiger partial charge is 0.396 e. The third-order valence-corrected chi connectivity index (χ3v) is 1.25. The fourth-order valence-electron chi connectivity index (χ4n) is 0.663. The Morgan fingerprint density at radius 1 is 1.67 bits per heavy atom. The van der Waals surface area contributed by atoms with Crippen molar-refractivity contribution in [2.24, 2.45) is 5.73 Å². The lowest BCUT2D eigenvalue weighted by Crippen LogP contribution is -2.41. The van der Waals surface area contributed by atoms with Crippen molar-refractivity contribution < 1.29 is 10.1 Å². The maximum absolute atomic E-state index is 10.2. The Morgan fingerprint density at radius 3 is 2.58 bits per heavy atom. The van der Waals surface area contributed by atoms with Gasteiger partial charge in [0.25, 0.3) is 5.96 Å². The number of rotatable bonds is 5. The van der Waals surface area contributed by atoms with Gasteiger partial charge >= 0.3 is 0 Å². The van der Waals surface area contributed by atoms with E-state index in [0.29, 0.717) is 17.9 Å². The molecule has 0 spiro atoms. The summed E-state index contributed by atoms with van der Waals surface area (Å²) < 4.78 is 0. The zero-order valence-electron chi connectivity index (χ0n) is 6.56. The number of aliphatic hydroxyl groups is 1. The molecule has 0 rings (SSSR count). The van der Waals surface area contributed by atoms with Crippen molar-refractivity contribution >= 4 is 5.96 Å². The normalized spacial score (nSPS) is 9.42. The Morgan fingerprint density at radius 2 is 2.25 bits per heavy atom. The Kier molecular flexibility index (Phi) is 4.70. The van der Waals surface area contributed by atoms with Crippen LogP contribution in [0.5, 0.6) is 0 Å². The van der Waals surface area contributed by atoms with Gasteiger partial charge in [0.15, 0.2) is 5.03 Å². The van der Waals surface area contributed by atoms with E-state index in [1.807, 2.05) is 0 Å². The number of hydrazine groups is 1. The molecular weight excluding hydrogens is 164 g/mol. The molecule has 0 saturated carbocycles. The molecule has 0 aromatic rings. The van der Waals surface area contributed by atoms with E-state index in [1.54, 1.807) is 0 Å². The highest BCUT2D eigenvalue weighted by Gasteiger charge is 2.16. The summed E-state index contributed by atoms with van der Waals surface area (Å²) in [5.74, 6) is -0.585. The average molecular weight is 176 g/mol. The Labute approximate surface area is 69.4 Å². The standard InChI is InChI=1S/C5H12N4O3/c6-5(7)8(9(11)12)3-1-2-4-10/h10H,1-4H2,(H3,6,7). The first-order valence-electron chi connectivity index (χ1n) is 3.46. The van der Waals surface area contributed by atoms with Crippen LogP contribution in [0.15, 0.2) is 0 Å². The molecular formula is C5H12N4O3. The molecule has 0 unspecified atom stereocenters. The van der Waals surface area contributed by atoms with E-state index in [2.05, 4.69) is 0 Å². The molecule has 4 N–H and O–H groups in total. The summed E-state index contributed by atoms with van der Waals surface area (Å²) in [6.45, 7) is 0.0480. The number of hydrogen-bond acceptors (Lipinski definition) is 4.